The molecule has 1 atom stereocenters. The SMILES string of the molecule is CCC(C(=O)NC(C)(C)C)N(Cc1ccccc1Cl)C(=O)COc1ccc(Cl)cc1Br. The van der Waals surface area contributed by atoms with Gasteiger partial charge in [-0.1, -0.05) is 48.3 Å². The van der Waals surface area contributed by atoms with Crippen molar-refractivity contribution >= 4 is 50.9 Å². The molecule has 1 unspecified atom stereocenters. The summed E-state index contributed by atoms with van der Waals surface area (Å²) in [5.74, 6) is -0.0524. The molecule has 2 aromatic carbocycles. The molecule has 5 nitrogen and oxygen atoms in total. The lowest BCUT2D eigenvalue weighted by Crippen LogP contribution is -2.54. The Morgan fingerprint density at radius 2 is 1.84 bits per heavy atom. The molecule has 8 heteroatoms. The normalized spacial score (nSPS) is 12.2. The third-order valence-electron chi connectivity index (χ3n) is 4.43. The highest BCUT2D eigenvalue weighted by atomic mass is 79.9. The molecule has 2 amide bonds. The van der Waals surface area contributed by atoms with Gasteiger partial charge in [-0.05, 0) is 73.0 Å². The van der Waals surface area contributed by atoms with Crippen LogP contribution in [0.2, 0.25) is 10.0 Å². The van der Waals surface area contributed by atoms with Crippen molar-refractivity contribution in [3.05, 3.63) is 62.5 Å². The Balaban J connectivity index is 2.27. The first-order valence-corrected chi connectivity index (χ1v) is 11.5. The molecule has 2 rings (SSSR count). The molecule has 0 fully saturated rings. The van der Waals surface area contributed by atoms with Crippen LogP contribution in [0.15, 0.2) is 46.9 Å². The summed E-state index contributed by atoms with van der Waals surface area (Å²) in [6.45, 7) is 7.54. The highest BCUT2D eigenvalue weighted by Crippen LogP contribution is 2.28. The zero-order valence-corrected chi connectivity index (χ0v) is 21.1. The number of nitrogens with zero attached hydrogens (tertiary/aromatic N) is 1. The minimum absolute atomic E-state index is 0.194. The number of amides is 2. The zero-order chi connectivity index (χ0) is 23.2. The quantitative estimate of drug-likeness (QED) is 0.466. The molecule has 2 aromatic rings. The Labute approximate surface area is 202 Å². The fourth-order valence-corrected chi connectivity index (χ4v) is 3.99. The number of hydrogen-bond donors (Lipinski definition) is 1. The molecule has 0 aliphatic rings. The lowest BCUT2D eigenvalue weighted by molar-refractivity contribution is -0.143. The Morgan fingerprint density at radius 1 is 1.16 bits per heavy atom. The van der Waals surface area contributed by atoms with E-state index in [2.05, 4.69) is 21.2 Å². The van der Waals surface area contributed by atoms with Crippen molar-refractivity contribution in [2.24, 2.45) is 0 Å². The fraction of sp³-hybridized carbons (Fsp3) is 0.391. The van der Waals surface area contributed by atoms with Crippen LogP contribution >= 0.6 is 39.1 Å². The molecule has 0 saturated heterocycles. The Bertz CT molecular complexity index is 931. The molecule has 31 heavy (non-hydrogen) atoms. The minimum atomic E-state index is -0.666. The van der Waals surface area contributed by atoms with Gasteiger partial charge in [-0.15, -0.1) is 0 Å². The lowest BCUT2D eigenvalue weighted by Gasteiger charge is -2.33. The van der Waals surface area contributed by atoms with Crippen LogP contribution in [0, 0.1) is 0 Å². The number of carbonyl (C=O) groups excluding carboxylic acids is 2. The van der Waals surface area contributed by atoms with E-state index in [-0.39, 0.29) is 25.0 Å². The molecular weight excluding hydrogens is 503 g/mol. The summed E-state index contributed by atoms with van der Waals surface area (Å²) in [6.07, 6.45) is 0.447. The number of ether oxygens (including phenoxy) is 1. The van der Waals surface area contributed by atoms with Gasteiger partial charge in [0.1, 0.15) is 11.8 Å². The molecule has 0 spiro atoms. The van der Waals surface area contributed by atoms with Crippen molar-refractivity contribution in [2.45, 2.75) is 52.2 Å². The number of rotatable bonds is 8. The molecule has 0 saturated carbocycles. The molecule has 1 N–H and O–H groups in total. The number of nitrogens with one attached hydrogen (secondary N) is 1. The van der Waals surface area contributed by atoms with Gasteiger partial charge in [0.2, 0.25) is 5.91 Å². The van der Waals surface area contributed by atoms with Gasteiger partial charge in [-0.3, -0.25) is 9.59 Å². The van der Waals surface area contributed by atoms with Gasteiger partial charge in [-0.2, -0.15) is 0 Å². The van der Waals surface area contributed by atoms with Crippen LogP contribution in [-0.2, 0) is 16.1 Å². The highest BCUT2D eigenvalue weighted by molar-refractivity contribution is 9.10. The molecule has 0 aliphatic carbocycles. The second-order valence-electron chi connectivity index (χ2n) is 8.14. The van der Waals surface area contributed by atoms with Gasteiger partial charge in [0.25, 0.3) is 5.91 Å². The van der Waals surface area contributed by atoms with Crippen molar-refractivity contribution in [1.29, 1.82) is 0 Å². The van der Waals surface area contributed by atoms with Crippen LogP contribution in [0.25, 0.3) is 0 Å². The first kappa shape index (κ1) is 25.5. The van der Waals surface area contributed by atoms with E-state index in [1.54, 1.807) is 24.3 Å². The summed E-state index contributed by atoms with van der Waals surface area (Å²) < 4.78 is 6.36. The van der Waals surface area contributed by atoms with E-state index >= 15 is 0 Å². The highest BCUT2D eigenvalue weighted by Gasteiger charge is 2.31. The Kier molecular flexibility index (Phi) is 9.22. The first-order valence-electron chi connectivity index (χ1n) is 9.94. The Morgan fingerprint density at radius 3 is 2.42 bits per heavy atom. The maximum absolute atomic E-state index is 13.2. The average Bonchev–Trinajstić information content (AvgIpc) is 2.67. The van der Waals surface area contributed by atoms with Crippen LogP contribution in [0.3, 0.4) is 0 Å². The van der Waals surface area contributed by atoms with Gasteiger partial charge in [0, 0.05) is 22.1 Å². The van der Waals surface area contributed by atoms with E-state index in [4.69, 9.17) is 27.9 Å². The number of carbonyl (C=O) groups is 2. The molecule has 0 aliphatic heterocycles. The molecular formula is C23H27BrCl2N2O3. The van der Waals surface area contributed by atoms with Crippen molar-refractivity contribution in [3.8, 4) is 5.75 Å². The second kappa shape index (κ2) is 11.2. The standard InChI is InChI=1S/C23H27BrCl2N2O3/c1-5-19(22(30)27-23(2,3)4)28(13-15-8-6-7-9-18(15)26)21(29)14-31-20-11-10-16(25)12-17(20)24/h6-12,19H,5,13-14H2,1-4H3,(H,27,30). The maximum atomic E-state index is 13.2. The summed E-state index contributed by atoms with van der Waals surface area (Å²) in [6, 6.07) is 11.7. The summed E-state index contributed by atoms with van der Waals surface area (Å²) in [4.78, 5) is 27.7. The van der Waals surface area contributed by atoms with E-state index in [1.807, 2.05) is 45.9 Å². The summed E-state index contributed by atoms with van der Waals surface area (Å²) in [5, 5.41) is 4.05. The van der Waals surface area contributed by atoms with Crippen LogP contribution in [-0.4, -0.2) is 34.9 Å². The topological polar surface area (TPSA) is 58.6 Å². The number of halogens is 3. The predicted octanol–water partition coefficient (Wildman–Crippen LogP) is 5.86. The summed E-state index contributed by atoms with van der Waals surface area (Å²) >= 11 is 15.7. The monoisotopic (exact) mass is 528 g/mol. The third-order valence-corrected chi connectivity index (χ3v) is 5.65. The molecule has 0 heterocycles. The largest absolute Gasteiger partial charge is 0.483 e. The third kappa shape index (κ3) is 7.70. The van der Waals surface area contributed by atoms with E-state index in [0.717, 1.165) is 5.56 Å². The first-order chi connectivity index (χ1) is 14.5. The van der Waals surface area contributed by atoms with Gasteiger partial charge >= 0.3 is 0 Å². The lowest BCUT2D eigenvalue weighted by atomic mass is 10.1. The zero-order valence-electron chi connectivity index (χ0n) is 18.0. The predicted molar refractivity (Wildman–Crippen MR) is 129 cm³/mol. The second-order valence-corrected chi connectivity index (χ2v) is 9.84. The van der Waals surface area contributed by atoms with Crippen molar-refractivity contribution in [2.75, 3.05) is 6.61 Å². The van der Waals surface area contributed by atoms with Gasteiger partial charge < -0.3 is 15.0 Å². The minimum Gasteiger partial charge on any atom is -0.483 e. The Hall–Kier alpha value is -1.76. The van der Waals surface area contributed by atoms with Crippen molar-refractivity contribution < 1.29 is 14.3 Å². The average molecular weight is 530 g/mol. The van der Waals surface area contributed by atoms with Gasteiger partial charge in [-0.25, -0.2) is 0 Å². The van der Waals surface area contributed by atoms with E-state index in [9.17, 15) is 9.59 Å². The molecule has 168 valence electrons. The maximum Gasteiger partial charge on any atom is 0.261 e. The van der Waals surface area contributed by atoms with Crippen LogP contribution in [0.5, 0.6) is 5.75 Å². The van der Waals surface area contributed by atoms with Crippen molar-refractivity contribution in [3.63, 3.8) is 0 Å². The summed E-state index contributed by atoms with van der Waals surface area (Å²) in [7, 11) is 0. The van der Waals surface area contributed by atoms with Crippen LogP contribution in [0.4, 0.5) is 0 Å². The summed E-state index contributed by atoms with van der Waals surface area (Å²) in [5.41, 5.74) is 0.334. The number of hydrogen-bond acceptors (Lipinski definition) is 3. The van der Waals surface area contributed by atoms with Gasteiger partial charge in [0.05, 0.1) is 4.47 Å². The molecule has 0 bridgehead atoms. The van der Waals surface area contributed by atoms with E-state index < -0.39 is 11.6 Å². The van der Waals surface area contributed by atoms with Crippen LogP contribution in [0.1, 0.15) is 39.7 Å². The molecule has 0 aromatic heterocycles. The van der Waals surface area contributed by atoms with E-state index in [0.29, 0.717) is 26.7 Å². The number of benzene rings is 2. The van der Waals surface area contributed by atoms with Crippen molar-refractivity contribution in [1.82, 2.24) is 10.2 Å². The fourth-order valence-electron chi connectivity index (χ4n) is 3.00. The van der Waals surface area contributed by atoms with E-state index in [1.165, 1.54) is 4.90 Å². The smallest absolute Gasteiger partial charge is 0.261 e. The van der Waals surface area contributed by atoms with Gasteiger partial charge in [0.15, 0.2) is 6.61 Å². The molecule has 0 radical (unpaired) electrons. The van der Waals surface area contributed by atoms with Crippen LogP contribution < -0.4 is 10.1 Å².